The van der Waals surface area contributed by atoms with Gasteiger partial charge in [-0.1, -0.05) is 42.5 Å². The number of rotatable bonds is 7. The molecule has 1 N–H and O–H groups in total. The number of benzene rings is 3. The van der Waals surface area contributed by atoms with E-state index in [1.165, 1.54) is 0 Å². The molecule has 4 heteroatoms. The number of hydrogen-bond donors (Lipinski definition) is 1. The largest absolute Gasteiger partial charge is 0.492 e. The van der Waals surface area contributed by atoms with Gasteiger partial charge in [0.1, 0.15) is 18.1 Å². The van der Waals surface area contributed by atoms with E-state index < -0.39 is 6.10 Å². The first-order valence-corrected chi connectivity index (χ1v) is 8.74. The van der Waals surface area contributed by atoms with Gasteiger partial charge in [0.2, 0.25) is 0 Å². The minimum Gasteiger partial charge on any atom is -0.492 e. The van der Waals surface area contributed by atoms with Crippen LogP contribution < -0.4 is 14.8 Å². The third-order valence-corrected chi connectivity index (χ3v) is 4.06. The monoisotopic (exact) mass is 349 g/mol. The highest BCUT2D eigenvalue weighted by Gasteiger charge is 2.14. The van der Waals surface area contributed by atoms with E-state index in [1.807, 2.05) is 73.7 Å². The fourth-order valence-corrected chi connectivity index (χ4v) is 2.69. The summed E-state index contributed by atoms with van der Waals surface area (Å²) < 4.78 is 11.4. The second-order valence-corrected chi connectivity index (χ2v) is 6.23. The van der Waals surface area contributed by atoms with Crippen LogP contribution in [0.25, 0.3) is 10.8 Å². The average molecular weight is 349 g/mol. The molecule has 0 saturated heterocycles. The molecule has 1 unspecified atom stereocenters. The van der Waals surface area contributed by atoms with E-state index in [1.54, 1.807) is 6.92 Å². The fourth-order valence-electron chi connectivity index (χ4n) is 2.69. The average Bonchev–Trinajstić information content (AvgIpc) is 2.65. The Morgan fingerprint density at radius 2 is 1.77 bits per heavy atom. The summed E-state index contributed by atoms with van der Waals surface area (Å²) in [5.74, 6) is 1.33. The molecular formula is C22H23NO3. The third-order valence-electron chi connectivity index (χ3n) is 4.06. The molecule has 0 bridgehead atoms. The zero-order valence-electron chi connectivity index (χ0n) is 15.1. The Kier molecular flexibility index (Phi) is 5.74. The maximum atomic E-state index is 12.2. The number of carbonyl (C=O) groups is 1. The molecule has 0 aliphatic carbocycles. The molecule has 0 fully saturated rings. The quantitative estimate of drug-likeness (QED) is 0.653. The standard InChI is InChI=1S/C22H23NO3/c1-16-6-5-9-20(14-16)25-13-12-23-22(24)17(2)26-21-11-10-18-7-3-4-8-19(18)15-21/h3-11,14-15,17H,12-13H2,1-2H3,(H,23,24). The summed E-state index contributed by atoms with van der Waals surface area (Å²) in [6, 6.07) is 21.7. The van der Waals surface area contributed by atoms with Crippen molar-refractivity contribution < 1.29 is 14.3 Å². The lowest BCUT2D eigenvalue weighted by Crippen LogP contribution is -2.38. The number of nitrogens with one attached hydrogen (secondary N) is 1. The Bertz CT molecular complexity index is 891. The van der Waals surface area contributed by atoms with Gasteiger partial charge in [0.05, 0.1) is 6.54 Å². The highest BCUT2D eigenvalue weighted by atomic mass is 16.5. The molecule has 3 aromatic rings. The fraction of sp³-hybridized carbons (Fsp3) is 0.227. The van der Waals surface area contributed by atoms with Crippen LogP contribution in [0.3, 0.4) is 0 Å². The van der Waals surface area contributed by atoms with Gasteiger partial charge in [-0.25, -0.2) is 0 Å². The van der Waals surface area contributed by atoms with Crippen molar-refractivity contribution in [2.75, 3.05) is 13.2 Å². The zero-order valence-corrected chi connectivity index (χ0v) is 15.1. The van der Waals surface area contributed by atoms with Crippen LogP contribution in [-0.4, -0.2) is 25.2 Å². The van der Waals surface area contributed by atoms with Gasteiger partial charge in [-0.05, 0) is 54.4 Å². The summed E-state index contributed by atoms with van der Waals surface area (Å²) in [4.78, 5) is 12.2. The Balaban J connectivity index is 1.46. The first-order valence-electron chi connectivity index (χ1n) is 8.74. The van der Waals surface area contributed by atoms with Gasteiger partial charge in [0.25, 0.3) is 5.91 Å². The molecule has 3 rings (SSSR count). The molecule has 0 radical (unpaired) electrons. The zero-order chi connectivity index (χ0) is 18.4. The minimum absolute atomic E-state index is 0.161. The maximum absolute atomic E-state index is 12.2. The Morgan fingerprint density at radius 1 is 0.962 bits per heavy atom. The summed E-state index contributed by atoms with van der Waals surface area (Å²) in [6.45, 7) is 4.60. The molecule has 0 aromatic heterocycles. The lowest BCUT2D eigenvalue weighted by Gasteiger charge is -2.15. The predicted octanol–water partition coefficient (Wildman–Crippen LogP) is 4.11. The van der Waals surface area contributed by atoms with Crippen LogP contribution in [-0.2, 0) is 4.79 Å². The van der Waals surface area contributed by atoms with E-state index in [9.17, 15) is 4.79 Å². The predicted molar refractivity (Wildman–Crippen MR) is 104 cm³/mol. The number of ether oxygens (including phenoxy) is 2. The molecule has 0 spiro atoms. The van der Waals surface area contributed by atoms with E-state index in [2.05, 4.69) is 5.32 Å². The van der Waals surface area contributed by atoms with Crippen molar-refractivity contribution in [3.8, 4) is 11.5 Å². The Hall–Kier alpha value is -3.01. The molecule has 0 saturated carbocycles. The van der Waals surface area contributed by atoms with E-state index in [0.717, 1.165) is 22.1 Å². The summed E-state index contributed by atoms with van der Waals surface area (Å²) in [5.41, 5.74) is 1.14. The van der Waals surface area contributed by atoms with Crippen LogP contribution in [0.1, 0.15) is 12.5 Å². The normalized spacial score (nSPS) is 11.8. The van der Waals surface area contributed by atoms with Crippen molar-refractivity contribution >= 4 is 16.7 Å². The van der Waals surface area contributed by atoms with Crippen molar-refractivity contribution in [2.24, 2.45) is 0 Å². The van der Waals surface area contributed by atoms with Gasteiger partial charge < -0.3 is 14.8 Å². The second-order valence-electron chi connectivity index (χ2n) is 6.23. The van der Waals surface area contributed by atoms with Gasteiger partial charge in [0, 0.05) is 0 Å². The Labute approximate surface area is 153 Å². The lowest BCUT2D eigenvalue weighted by atomic mass is 10.1. The summed E-state index contributed by atoms with van der Waals surface area (Å²) in [5, 5.41) is 5.07. The molecule has 134 valence electrons. The van der Waals surface area contributed by atoms with E-state index in [-0.39, 0.29) is 5.91 Å². The molecule has 4 nitrogen and oxygen atoms in total. The summed E-state index contributed by atoms with van der Waals surface area (Å²) in [7, 11) is 0. The topological polar surface area (TPSA) is 47.6 Å². The SMILES string of the molecule is Cc1cccc(OCCNC(=O)C(C)Oc2ccc3ccccc3c2)c1. The van der Waals surface area contributed by atoms with E-state index >= 15 is 0 Å². The number of carbonyl (C=O) groups excluding carboxylic acids is 1. The minimum atomic E-state index is -0.574. The molecular weight excluding hydrogens is 326 g/mol. The first kappa shape index (κ1) is 17.8. The van der Waals surface area contributed by atoms with Crippen LogP contribution >= 0.6 is 0 Å². The molecule has 26 heavy (non-hydrogen) atoms. The van der Waals surface area contributed by atoms with E-state index in [0.29, 0.717) is 18.9 Å². The highest BCUT2D eigenvalue weighted by Crippen LogP contribution is 2.21. The number of aryl methyl sites for hydroxylation is 1. The molecule has 3 aromatic carbocycles. The molecule has 1 atom stereocenters. The van der Waals surface area contributed by atoms with Crippen LogP contribution in [0.15, 0.2) is 66.7 Å². The van der Waals surface area contributed by atoms with Crippen molar-refractivity contribution in [2.45, 2.75) is 20.0 Å². The Morgan fingerprint density at radius 3 is 2.58 bits per heavy atom. The molecule has 0 heterocycles. The van der Waals surface area contributed by atoms with Crippen LogP contribution in [0, 0.1) is 6.92 Å². The third kappa shape index (κ3) is 4.76. The summed E-state index contributed by atoms with van der Waals surface area (Å²) >= 11 is 0. The van der Waals surface area contributed by atoms with Gasteiger partial charge in [-0.2, -0.15) is 0 Å². The van der Waals surface area contributed by atoms with E-state index in [4.69, 9.17) is 9.47 Å². The van der Waals surface area contributed by atoms with Gasteiger partial charge in [-0.3, -0.25) is 4.79 Å². The van der Waals surface area contributed by atoms with Crippen LogP contribution in [0.4, 0.5) is 0 Å². The number of hydrogen-bond acceptors (Lipinski definition) is 3. The second kappa shape index (κ2) is 8.39. The lowest BCUT2D eigenvalue weighted by molar-refractivity contribution is -0.127. The smallest absolute Gasteiger partial charge is 0.260 e. The van der Waals surface area contributed by atoms with Crippen molar-refractivity contribution in [1.29, 1.82) is 0 Å². The van der Waals surface area contributed by atoms with Crippen LogP contribution in [0.2, 0.25) is 0 Å². The van der Waals surface area contributed by atoms with Gasteiger partial charge in [-0.15, -0.1) is 0 Å². The highest BCUT2D eigenvalue weighted by molar-refractivity contribution is 5.84. The molecule has 0 aliphatic heterocycles. The maximum Gasteiger partial charge on any atom is 0.260 e. The van der Waals surface area contributed by atoms with Gasteiger partial charge in [0.15, 0.2) is 6.10 Å². The van der Waals surface area contributed by atoms with Crippen molar-refractivity contribution in [1.82, 2.24) is 5.32 Å². The van der Waals surface area contributed by atoms with Gasteiger partial charge >= 0.3 is 0 Å². The van der Waals surface area contributed by atoms with Crippen molar-refractivity contribution in [3.05, 3.63) is 72.3 Å². The number of fused-ring (bicyclic) bond motifs is 1. The summed E-state index contributed by atoms with van der Waals surface area (Å²) in [6.07, 6.45) is -0.574. The van der Waals surface area contributed by atoms with Crippen molar-refractivity contribution in [3.63, 3.8) is 0 Å². The molecule has 0 aliphatic rings. The van der Waals surface area contributed by atoms with Crippen LogP contribution in [0.5, 0.6) is 11.5 Å². The number of amides is 1. The molecule has 1 amide bonds. The first-order chi connectivity index (χ1) is 12.6.